The second kappa shape index (κ2) is 10.0. The molecular formula is C26H27N3O2. The Kier molecular flexibility index (Phi) is 6.75. The van der Waals surface area contributed by atoms with E-state index in [4.69, 9.17) is 0 Å². The van der Waals surface area contributed by atoms with Gasteiger partial charge in [-0.1, -0.05) is 48.5 Å². The number of benzene rings is 3. The van der Waals surface area contributed by atoms with Gasteiger partial charge in [0.15, 0.2) is 0 Å². The fourth-order valence-electron chi connectivity index (χ4n) is 3.86. The Hall–Kier alpha value is -3.44. The molecule has 2 N–H and O–H groups in total. The summed E-state index contributed by atoms with van der Waals surface area (Å²) in [5.41, 5.74) is 3.45. The second-order valence-corrected chi connectivity index (χ2v) is 7.92. The van der Waals surface area contributed by atoms with E-state index in [1.807, 2.05) is 84.9 Å². The molecule has 158 valence electrons. The lowest BCUT2D eigenvalue weighted by molar-refractivity contribution is -0.121. The predicted octanol–water partition coefficient (Wildman–Crippen LogP) is 4.79. The van der Waals surface area contributed by atoms with Gasteiger partial charge in [0, 0.05) is 29.4 Å². The van der Waals surface area contributed by atoms with Gasteiger partial charge < -0.3 is 10.6 Å². The minimum atomic E-state index is -0.108. The molecule has 0 aromatic heterocycles. The van der Waals surface area contributed by atoms with Crippen molar-refractivity contribution in [3.63, 3.8) is 0 Å². The molecule has 0 atom stereocenters. The average molecular weight is 414 g/mol. The molecule has 0 saturated carbocycles. The van der Waals surface area contributed by atoms with E-state index < -0.39 is 0 Å². The lowest BCUT2D eigenvalue weighted by Gasteiger charge is -2.31. The van der Waals surface area contributed by atoms with E-state index in [1.165, 1.54) is 5.56 Å². The standard InChI is InChI=1S/C26H27N3O2/c30-25(27-23-7-3-1-4-8-23)21-13-11-20(12-14-21)19-29-17-15-22(16-18-29)26(31)28-24-9-5-2-6-10-24/h1-14,22H,15-19H2,(H,27,30)(H,28,31). The second-order valence-electron chi connectivity index (χ2n) is 7.92. The maximum atomic E-state index is 12.5. The quantitative estimate of drug-likeness (QED) is 0.611. The summed E-state index contributed by atoms with van der Waals surface area (Å²) in [6.07, 6.45) is 1.71. The SMILES string of the molecule is O=C(Nc1ccccc1)c1ccc(CN2CCC(C(=O)Nc3ccccc3)CC2)cc1. The summed E-state index contributed by atoms with van der Waals surface area (Å²) in [6.45, 7) is 2.61. The zero-order valence-electron chi connectivity index (χ0n) is 17.5. The minimum absolute atomic E-state index is 0.0560. The number of carbonyl (C=O) groups is 2. The van der Waals surface area contributed by atoms with Crippen LogP contribution in [0.4, 0.5) is 11.4 Å². The van der Waals surface area contributed by atoms with E-state index in [9.17, 15) is 9.59 Å². The summed E-state index contributed by atoms with van der Waals surface area (Å²) in [6, 6.07) is 26.8. The van der Waals surface area contributed by atoms with Crippen LogP contribution in [0.5, 0.6) is 0 Å². The molecule has 1 aliphatic rings. The highest BCUT2D eigenvalue weighted by Crippen LogP contribution is 2.21. The lowest BCUT2D eigenvalue weighted by Crippen LogP contribution is -2.37. The Morgan fingerprint density at radius 2 is 1.29 bits per heavy atom. The van der Waals surface area contributed by atoms with Crippen molar-refractivity contribution in [2.24, 2.45) is 5.92 Å². The van der Waals surface area contributed by atoms with E-state index in [2.05, 4.69) is 15.5 Å². The maximum absolute atomic E-state index is 12.5. The minimum Gasteiger partial charge on any atom is -0.326 e. The molecule has 5 nitrogen and oxygen atoms in total. The van der Waals surface area contributed by atoms with Crippen LogP contribution in [-0.2, 0) is 11.3 Å². The number of para-hydroxylation sites is 2. The highest BCUT2D eigenvalue weighted by molar-refractivity contribution is 6.04. The Balaban J connectivity index is 1.25. The third-order valence-corrected chi connectivity index (χ3v) is 5.65. The van der Waals surface area contributed by atoms with Gasteiger partial charge in [0.2, 0.25) is 5.91 Å². The fraction of sp³-hybridized carbons (Fsp3) is 0.231. The zero-order chi connectivity index (χ0) is 21.5. The monoisotopic (exact) mass is 413 g/mol. The fourth-order valence-corrected chi connectivity index (χ4v) is 3.86. The molecule has 5 heteroatoms. The third-order valence-electron chi connectivity index (χ3n) is 5.65. The maximum Gasteiger partial charge on any atom is 0.255 e. The Labute approximate surface area is 183 Å². The van der Waals surface area contributed by atoms with Crippen molar-refractivity contribution in [2.45, 2.75) is 19.4 Å². The molecule has 1 fully saturated rings. The van der Waals surface area contributed by atoms with Crippen LogP contribution in [-0.4, -0.2) is 29.8 Å². The van der Waals surface area contributed by atoms with Crippen LogP contribution in [0, 0.1) is 5.92 Å². The largest absolute Gasteiger partial charge is 0.326 e. The smallest absolute Gasteiger partial charge is 0.255 e. The van der Waals surface area contributed by atoms with Crippen LogP contribution in [0.15, 0.2) is 84.9 Å². The van der Waals surface area contributed by atoms with Crippen molar-refractivity contribution in [1.82, 2.24) is 4.90 Å². The summed E-state index contributed by atoms with van der Waals surface area (Å²) in [5, 5.41) is 5.92. The number of nitrogens with zero attached hydrogens (tertiary/aromatic N) is 1. The normalized spacial score (nSPS) is 14.7. The first-order valence-electron chi connectivity index (χ1n) is 10.7. The van der Waals surface area contributed by atoms with Crippen LogP contribution in [0.3, 0.4) is 0 Å². The summed E-state index contributed by atoms with van der Waals surface area (Å²) in [5.74, 6) is 0.0585. The van der Waals surface area contributed by atoms with Crippen molar-refractivity contribution in [3.05, 3.63) is 96.1 Å². The lowest BCUT2D eigenvalue weighted by atomic mass is 9.95. The number of hydrogen-bond donors (Lipinski definition) is 2. The first kappa shape index (κ1) is 20.8. The predicted molar refractivity (Wildman–Crippen MR) is 124 cm³/mol. The summed E-state index contributed by atoms with van der Waals surface area (Å²) >= 11 is 0. The number of amides is 2. The van der Waals surface area contributed by atoms with Crippen molar-refractivity contribution < 1.29 is 9.59 Å². The molecule has 1 saturated heterocycles. The molecule has 0 bridgehead atoms. The third kappa shape index (κ3) is 5.80. The molecule has 31 heavy (non-hydrogen) atoms. The van der Waals surface area contributed by atoms with E-state index in [1.54, 1.807) is 0 Å². The van der Waals surface area contributed by atoms with Gasteiger partial charge in [-0.2, -0.15) is 0 Å². The van der Waals surface area contributed by atoms with Crippen molar-refractivity contribution in [1.29, 1.82) is 0 Å². The van der Waals surface area contributed by atoms with Crippen LogP contribution in [0.2, 0.25) is 0 Å². The number of rotatable bonds is 6. The Bertz CT molecular complexity index is 996. The molecule has 4 rings (SSSR count). The van der Waals surface area contributed by atoms with E-state index in [0.29, 0.717) is 5.56 Å². The van der Waals surface area contributed by atoms with Gasteiger partial charge in [-0.25, -0.2) is 0 Å². The average Bonchev–Trinajstić information content (AvgIpc) is 2.81. The molecule has 2 amide bonds. The van der Waals surface area contributed by atoms with Crippen LogP contribution < -0.4 is 10.6 Å². The number of piperidine rings is 1. The number of carbonyl (C=O) groups excluding carboxylic acids is 2. The van der Waals surface area contributed by atoms with Gasteiger partial charge in [0.25, 0.3) is 5.91 Å². The van der Waals surface area contributed by atoms with Crippen LogP contribution in [0.1, 0.15) is 28.8 Å². The van der Waals surface area contributed by atoms with Gasteiger partial charge in [0.05, 0.1) is 0 Å². The van der Waals surface area contributed by atoms with Gasteiger partial charge in [-0.3, -0.25) is 14.5 Å². The molecule has 3 aromatic carbocycles. The van der Waals surface area contributed by atoms with Crippen LogP contribution in [0.25, 0.3) is 0 Å². The van der Waals surface area contributed by atoms with Gasteiger partial charge in [0.1, 0.15) is 0 Å². The van der Waals surface area contributed by atoms with Gasteiger partial charge >= 0.3 is 0 Å². The summed E-state index contributed by atoms with van der Waals surface area (Å²) in [7, 11) is 0. The number of nitrogens with one attached hydrogen (secondary N) is 2. The highest BCUT2D eigenvalue weighted by atomic mass is 16.2. The topological polar surface area (TPSA) is 61.4 Å². The number of anilines is 2. The van der Waals surface area contributed by atoms with E-state index in [0.717, 1.165) is 43.9 Å². The molecule has 1 aliphatic heterocycles. The molecule has 0 spiro atoms. The first-order chi connectivity index (χ1) is 15.2. The highest BCUT2D eigenvalue weighted by Gasteiger charge is 2.25. The number of likely N-dealkylation sites (tertiary alicyclic amines) is 1. The van der Waals surface area contributed by atoms with Crippen molar-refractivity contribution in [3.8, 4) is 0 Å². The van der Waals surface area contributed by atoms with Crippen LogP contribution >= 0.6 is 0 Å². The molecule has 0 unspecified atom stereocenters. The molecule has 0 radical (unpaired) electrons. The van der Waals surface area contributed by atoms with Crippen molar-refractivity contribution >= 4 is 23.2 Å². The van der Waals surface area contributed by atoms with Gasteiger partial charge in [-0.15, -0.1) is 0 Å². The van der Waals surface area contributed by atoms with E-state index >= 15 is 0 Å². The molecule has 3 aromatic rings. The van der Waals surface area contributed by atoms with Gasteiger partial charge in [-0.05, 0) is 67.9 Å². The Morgan fingerprint density at radius 1 is 0.742 bits per heavy atom. The summed E-state index contributed by atoms with van der Waals surface area (Å²) < 4.78 is 0. The zero-order valence-corrected chi connectivity index (χ0v) is 17.5. The summed E-state index contributed by atoms with van der Waals surface area (Å²) in [4.78, 5) is 27.3. The van der Waals surface area contributed by atoms with Crippen molar-refractivity contribution in [2.75, 3.05) is 23.7 Å². The molecular weight excluding hydrogens is 386 g/mol. The molecule has 1 heterocycles. The first-order valence-corrected chi connectivity index (χ1v) is 10.7. The Morgan fingerprint density at radius 3 is 1.87 bits per heavy atom. The van der Waals surface area contributed by atoms with E-state index in [-0.39, 0.29) is 17.7 Å². The number of hydrogen-bond acceptors (Lipinski definition) is 3. The molecule has 0 aliphatic carbocycles.